The predicted molar refractivity (Wildman–Crippen MR) is 101 cm³/mol. The van der Waals surface area contributed by atoms with Gasteiger partial charge in [-0.25, -0.2) is 4.98 Å². The highest BCUT2D eigenvalue weighted by atomic mass is 35.5. The molecule has 2 aromatic heterocycles. The van der Waals surface area contributed by atoms with Crippen LogP contribution in [0.3, 0.4) is 0 Å². The molecule has 0 fully saturated rings. The Balaban J connectivity index is 1.96. The van der Waals surface area contributed by atoms with Crippen molar-refractivity contribution >= 4 is 40.7 Å². The molecule has 6 nitrogen and oxygen atoms in total. The summed E-state index contributed by atoms with van der Waals surface area (Å²) in [5, 5.41) is 16.2. The average molecular weight is 376 g/mol. The van der Waals surface area contributed by atoms with E-state index in [4.69, 9.17) is 28.3 Å². The van der Waals surface area contributed by atoms with Crippen LogP contribution < -0.4 is 10.6 Å². The van der Waals surface area contributed by atoms with Crippen molar-refractivity contribution in [3.05, 3.63) is 58.8 Å². The first-order chi connectivity index (χ1) is 12.1. The van der Waals surface area contributed by atoms with Crippen molar-refractivity contribution in [2.24, 2.45) is 0 Å². The zero-order valence-electron chi connectivity index (χ0n) is 13.1. The molecule has 2 heterocycles. The second-order valence-corrected chi connectivity index (χ2v) is 6.00. The van der Waals surface area contributed by atoms with E-state index in [9.17, 15) is 0 Å². The molecule has 128 valence electrons. The normalized spacial score (nSPS) is 10.5. The van der Waals surface area contributed by atoms with Gasteiger partial charge in [0.05, 0.1) is 12.3 Å². The Hall–Kier alpha value is -2.41. The molecule has 0 amide bonds. The van der Waals surface area contributed by atoms with Crippen LogP contribution in [0.5, 0.6) is 0 Å². The van der Waals surface area contributed by atoms with Crippen molar-refractivity contribution in [3.63, 3.8) is 0 Å². The van der Waals surface area contributed by atoms with E-state index in [1.807, 2.05) is 18.2 Å². The fourth-order valence-corrected chi connectivity index (χ4v) is 2.73. The minimum atomic E-state index is -0.0183. The average Bonchev–Trinajstić information content (AvgIpc) is 2.59. The summed E-state index contributed by atoms with van der Waals surface area (Å²) in [5.74, 6) is 0.972. The molecule has 25 heavy (non-hydrogen) atoms. The lowest BCUT2D eigenvalue weighted by Crippen LogP contribution is -2.10. The van der Waals surface area contributed by atoms with E-state index in [1.165, 1.54) is 0 Å². The maximum absolute atomic E-state index is 9.01. The van der Waals surface area contributed by atoms with Gasteiger partial charge in [-0.1, -0.05) is 23.2 Å². The number of anilines is 3. The summed E-state index contributed by atoms with van der Waals surface area (Å²) in [6.07, 6.45) is 3.39. The minimum absolute atomic E-state index is 0.0183. The highest BCUT2D eigenvalue weighted by Gasteiger charge is 2.08. The Labute approximate surface area is 154 Å². The molecule has 0 atom stereocenters. The minimum Gasteiger partial charge on any atom is -0.395 e. The van der Waals surface area contributed by atoms with Crippen LogP contribution in [0.15, 0.2) is 48.8 Å². The number of benzene rings is 1. The summed E-state index contributed by atoms with van der Waals surface area (Å²) in [6.45, 7) is 0.331. The molecule has 3 rings (SSSR count). The summed E-state index contributed by atoms with van der Waals surface area (Å²) in [6, 6.07) is 10.7. The van der Waals surface area contributed by atoms with Crippen molar-refractivity contribution in [1.82, 2.24) is 15.0 Å². The molecule has 0 saturated carbocycles. The smallest absolute Gasteiger partial charge is 0.225 e. The van der Waals surface area contributed by atoms with Gasteiger partial charge in [0, 0.05) is 46.3 Å². The van der Waals surface area contributed by atoms with Crippen LogP contribution in [0.1, 0.15) is 0 Å². The molecule has 0 saturated heterocycles. The van der Waals surface area contributed by atoms with Gasteiger partial charge >= 0.3 is 0 Å². The molecular formula is C17H15Cl2N5O. The fourth-order valence-electron chi connectivity index (χ4n) is 2.20. The lowest BCUT2D eigenvalue weighted by atomic mass is 10.2. The number of halogens is 2. The number of aliphatic hydroxyl groups is 1. The van der Waals surface area contributed by atoms with E-state index in [1.54, 1.807) is 30.6 Å². The first kappa shape index (κ1) is 17.4. The highest BCUT2D eigenvalue weighted by molar-refractivity contribution is 6.35. The first-order valence-corrected chi connectivity index (χ1v) is 8.27. The molecule has 0 aliphatic rings. The van der Waals surface area contributed by atoms with Gasteiger partial charge < -0.3 is 15.7 Å². The third-order valence-electron chi connectivity index (χ3n) is 3.23. The molecule has 8 heteroatoms. The maximum atomic E-state index is 9.01. The second-order valence-electron chi connectivity index (χ2n) is 5.13. The number of nitrogens with one attached hydrogen (secondary N) is 2. The van der Waals surface area contributed by atoms with E-state index in [-0.39, 0.29) is 6.61 Å². The molecule has 0 bridgehead atoms. The lowest BCUT2D eigenvalue weighted by Gasteiger charge is -2.11. The van der Waals surface area contributed by atoms with Crippen molar-refractivity contribution in [3.8, 4) is 11.3 Å². The molecule has 0 aliphatic heterocycles. The Morgan fingerprint density at radius 2 is 1.68 bits per heavy atom. The highest BCUT2D eigenvalue weighted by Crippen LogP contribution is 2.27. The topological polar surface area (TPSA) is 83.0 Å². The molecular weight excluding hydrogens is 361 g/mol. The monoisotopic (exact) mass is 375 g/mol. The second kappa shape index (κ2) is 8.11. The van der Waals surface area contributed by atoms with Crippen LogP contribution in [-0.4, -0.2) is 33.2 Å². The van der Waals surface area contributed by atoms with E-state index < -0.39 is 0 Å². The lowest BCUT2D eigenvalue weighted by molar-refractivity contribution is 0.311. The summed E-state index contributed by atoms with van der Waals surface area (Å²) in [4.78, 5) is 12.9. The molecule has 0 spiro atoms. The van der Waals surface area contributed by atoms with E-state index in [0.717, 1.165) is 5.56 Å². The van der Waals surface area contributed by atoms with E-state index >= 15 is 0 Å². The number of pyridine rings is 1. The van der Waals surface area contributed by atoms with Crippen LogP contribution in [0.2, 0.25) is 10.0 Å². The molecule has 1 aromatic carbocycles. The molecule has 0 unspecified atom stereocenters. The first-order valence-electron chi connectivity index (χ1n) is 7.51. The number of aromatic nitrogens is 3. The van der Waals surface area contributed by atoms with Gasteiger partial charge in [-0.05, 0) is 30.3 Å². The fraction of sp³-hybridized carbons (Fsp3) is 0.118. The Morgan fingerprint density at radius 3 is 2.36 bits per heavy atom. The van der Waals surface area contributed by atoms with Gasteiger partial charge in [0.2, 0.25) is 5.95 Å². The van der Waals surface area contributed by atoms with Crippen LogP contribution in [0.25, 0.3) is 11.3 Å². The van der Waals surface area contributed by atoms with Crippen LogP contribution >= 0.6 is 23.2 Å². The van der Waals surface area contributed by atoms with Crippen molar-refractivity contribution in [2.45, 2.75) is 0 Å². The zero-order chi connectivity index (χ0) is 17.6. The Kier molecular flexibility index (Phi) is 5.65. The predicted octanol–water partition coefficient (Wildman–Crippen LogP) is 3.99. The Bertz CT molecular complexity index is 841. The third kappa shape index (κ3) is 4.79. The summed E-state index contributed by atoms with van der Waals surface area (Å²) >= 11 is 12.1. The Morgan fingerprint density at radius 1 is 0.960 bits per heavy atom. The van der Waals surface area contributed by atoms with E-state index in [2.05, 4.69) is 25.6 Å². The van der Waals surface area contributed by atoms with Gasteiger partial charge in [-0.15, -0.1) is 0 Å². The number of hydrogen-bond donors (Lipinski definition) is 3. The van der Waals surface area contributed by atoms with Gasteiger partial charge in [0.15, 0.2) is 0 Å². The summed E-state index contributed by atoms with van der Waals surface area (Å²) in [7, 11) is 0. The van der Waals surface area contributed by atoms with Crippen molar-refractivity contribution in [2.75, 3.05) is 23.8 Å². The van der Waals surface area contributed by atoms with Gasteiger partial charge in [-0.3, -0.25) is 4.98 Å². The van der Waals surface area contributed by atoms with Gasteiger partial charge in [0.25, 0.3) is 0 Å². The van der Waals surface area contributed by atoms with Gasteiger partial charge in [0.1, 0.15) is 5.82 Å². The molecule has 0 radical (unpaired) electrons. The van der Waals surface area contributed by atoms with Crippen molar-refractivity contribution < 1.29 is 5.11 Å². The SMILES string of the molecule is OCCNc1nc(Nc2cc(Cl)cc(Cl)c2)cc(-c2ccncc2)n1. The molecule has 0 aliphatic carbocycles. The number of aliphatic hydroxyl groups excluding tert-OH is 1. The van der Waals surface area contributed by atoms with E-state index in [0.29, 0.717) is 39.7 Å². The summed E-state index contributed by atoms with van der Waals surface area (Å²) in [5.41, 5.74) is 2.33. The standard InChI is InChI=1S/C17H15Cl2N5O/c18-12-7-13(19)9-14(8-12)22-16-10-15(11-1-3-20-4-2-11)23-17(24-16)21-5-6-25/h1-4,7-10,25H,5-6H2,(H2,21,22,23,24). The quantitative estimate of drug-likeness (QED) is 0.603. The summed E-state index contributed by atoms with van der Waals surface area (Å²) < 4.78 is 0. The van der Waals surface area contributed by atoms with Crippen LogP contribution in [0.4, 0.5) is 17.5 Å². The maximum Gasteiger partial charge on any atom is 0.225 e. The number of hydrogen-bond acceptors (Lipinski definition) is 6. The molecule has 3 N–H and O–H groups in total. The molecule has 3 aromatic rings. The number of nitrogens with zero attached hydrogens (tertiary/aromatic N) is 3. The van der Waals surface area contributed by atoms with Crippen LogP contribution in [-0.2, 0) is 0 Å². The zero-order valence-corrected chi connectivity index (χ0v) is 14.6. The van der Waals surface area contributed by atoms with Gasteiger partial charge in [-0.2, -0.15) is 4.98 Å². The largest absolute Gasteiger partial charge is 0.395 e. The van der Waals surface area contributed by atoms with Crippen LogP contribution in [0, 0.1) is 0 Å². The van der Waals surface area contributed by atoms with Crippen molar-refractivity contribution in [1.29, 1.82) is 0 Å². The third-order valence-corrected chi connectivity index (χ3v) is 3.67. The number of rotatable bonds is 6.